The molecule has 0 saturated heterocycles. The molecule has 1 fully saturated rings. The number of nitrogens with one attached hydrogen (secondary N) is 1. The number of hydrogen-bond acceptors (Lipinski definition) is 3. The van der Waals surface area contributed by atoms with E-state index in [1.165, 1.54) is 0 Å². The van der Waals surface area contributed by atoms with Crippen molar-refractivity contribution >= 4 is 5.91 Å². The van der Waals surface area contributed by atoms with Gasteiger partial charge in [-0.2, -0.15) is 8.78 Å². The summed E-state index contributed by atoms with van der Waals surface area (Å²) in [6, 6.07) is 0. The zero-order valence-corrected chi connectivity index (χ0v) is 11.7. The fourth-order valence-corrected chi connectivity index (χ4v) is 2.34. The van der Waals surface area contributed by atoms with Crippen molar-refractivity contribution in [3.8, 4) is 0 Å². The van der Waals surface area contributed by atoms with E-state index in [-0.39, 0.29) is 19.4 Å². The van der Waals surface area contributed by atoms with Gasteiger partial charge in [0.05, 0.1) is 6.10 Å². The van der Waals surface area contributed by atoms with Crippen molar-refractivity contribution in [3.05, 3.63) is 0 Å². The predicted molar refractivity (Wildman–Crippen MR) is 66.8 cm³/mol. The molecule has 19 heavy (non-hydrogen) atoms. The summed E-state index contributed by atoms with van der Waals surface area (Å²) in [5.41, 5.74) is -2.67. The third-order valence-corrected chi connectivity index (χ3v) is 3.63. The highest BCUT2D eigenvalue weighted by molar-refractivity contribution is 5.85. The minimum atomic E-state index is -3.76. The molecule has 0 aromatic heterocycles. The Morgan fingerprint density at radius 1 is 1.42 bits per heavy atom. The summed E-state index contributed by atoms with van der Waals surface area (Å²) >= 11 is 0. The second-order valence-electron chi connectivity index (χ2n) is 6.36. The Morgan fingerprint density at radius 2 is 1.95 bits per heavy atom. The number of hydrogen-bond donors (Lipinski definition) is 3. The number of carbonyl (C=O) groups is 1. The van der Waals surface area contributed by atoms with Gasteiger partial charge in [0.15, 0.2) is 0 Å². The summed E-state index contributed by atoms with van der Waals surface area (Å²) in [4.78, 5) is 11.6. The Kier molecular flexibility index (Phi) is 4.57. The number of aliphatic hydroxyl groups is 2. The van der Waals surface area contributed by atoms with Crippen LogP contribution >= 0.6 is 0 Å². The third kappa shape index (κ3) is 3.63. The molecule has 4 nitrogen and oxygen atoms in total. The van der Waals surface area contributed by atoms with Crippen molar-refractivity contribution in [2.75, 3.05) is 6.54 Å². The monoisotopic (exact) mass is 279 g/mol. The predicted octanol–water partition coefficient (Wildman–Crippen LogP) is 1.45. The fraction of sp³-hybridized carbons (Fsp3) is 0.923. The van der Waals surface area contributed by atoms with E-state index in [2.05, 4.69) is 5.32 Å². The molecule has 0 aromatic carbocycles. The first kappa shape index (κ1) is 16.3. The highest BCUT2D eigenvalue weighted by atomic mass is 19.3. The minimum Gasteiger partial charge on any atom is -0.393 e. The Balaban J connectivity index is 2.55. The first-order chi connectivity index (χ1) is 8.50. The maximum absolute atomic E-state index is 13.8. The topological polar surface area (TPSA) is 69.6 Å². The lowest BCUT2D eigenvalue weighted by Crippen LogP contribution is -2.61. The summed E-state index contributed by atoms with van der Waals surface area (Å²) in [5, 5.41) is 21.1. The molecule has 1 rings (SSSR count). The van der Waals surface area contributed by atoms with Gasteiger partial charge in [-0.05, 0) is 38.0 Å². The van der Waals surface area contributed by atoms with Gasteiger partial charge in [0.2, 0.25) is 0 Å². The number of rotatable bonds is 6. The van der Waals surface area contributed by atoms with Crippen LogP contribution in [0.15, 0.2) is 0 Å². The zero-order chi connectivity index (χ0) is 14.9. The van der Waals surface area contributed by atoms with E-state index >= 15 is 0 Å². The van der Waals surface area contributed by atoms with Crippen LogP contribution < -0.4 is 5.32 Å². The zero-order valence-electron chi connectivity index (χ0n) is 11.7. The van der Waals surface area contributed by atoms with Crippen LogP contribution in [-0.2, 0) is 4.79 Å². The van der Waals surface area contributed by atoms with Crippen molar-refractivity contribution < 1.29 is 23.8 Å². The van der Waals surface area contributed by atoms with E-state index in [0.29, 0.717) is 12.8 Å². The van der Waals surface area contributed by atoms with Gasteiger partial charge in [0.1, 0.15) is 5.60 Å². The minimum absolute atomic E-state index is 0.0302. The first-order valence-corrected chi connectivity index (χ1v) is 6.57. The van der Waals surface area contributed by atoms with E-state index in [0.717, 1.165) is 0 Å². The third-order valence-electron chi connectivity index (χ3n) is 3.63. The number of alkyl halides is 2. The fourth-order valence-electron chi connectivity index (χ4n) is 2.34. The van der Waals surface area contributed by atoms with Crippen molar-refractivity contribution in [2.24, 2.45) is 5.41 Å². The van der Waals surface area contributed by atoms with Crippen LogP contribution in [0.1, 0.15) is 46.5 Å². The van der Waals surface area contributed by atoms with Crippen molar-refractivity contribution in [2.45, 2.75) is 64.1 Å². The molecule has 1 atom stereocenters. The molecule has 0 aromatic rings. The SMILES string of the molecule is CC(O)CC(C)(C)CNC(=O)C(F)(F)C1(O)CCC1. The maximum Gasteiger partial charge on any atom is 0.352 e. The van der Waals surface area contributed by atoms with Gasteiger partial charge in [-0.15, -0.1) is 0 Å². The number of aliphatic hydroxyl groups excluding tert-OH is 1. The van der Waals surface area contributed by atoms with Crippen LogP contribution in [0.25, 0.3) is 0 Å². The van der Waals surface area contributed by atoms with Crippen LogP contribution in [0.4, 0.5) is 8.78 Å². The first-order valence-electron chi connectivity index (χ1n) is 6.57. The largest absolute Gasteiger partial charge is 0.393 e. The van der Waals surface area contributed by atoms with Gasteiger partial charge < -0.3 is 15.5 Å². The van der Waals surface area contributed by atoms with E-state index in [9.17, 15) is 23.8 Å². The lowest BCUT2D eigenvalue weighted by atomic mass is 9.75. The molecular formula is C13H23F2NO3. The summed E-state index contributed by atoms with van der Waals surface area (Å²) in [6.07, 6.45) is 0.230. The maximum atomic E-state index is 13.8. The molecule has 1 saturated carbocycles. The number of halogens is 2. The molecule has 1 aliphatic carbocycles. The molecule has 112 valence electrons. The van der Waals surface area contributed by atoms with Gasteiger partial charge >= 0.3 is 5.92 Å². The van der Waals surface area contributed by atoms with E-state index in [1.807, 2.05) is 0 Å². The van der Waals surface area contributed by atoms with Gasteiger partial charge in [0, 0.05) is 6.54 Å². The van der Waals surface area contributed by atoms with Crippen molar-refractivity contribution in [1.29, 1.82) is 0 Å². The number of amides is 1. The Hall–Kier alpha value is -0.750. The molecular weight excluding hydrogens is 256 g/mol. The summed E-state index contributed by atoms with van der Waals surface area (Å²) in [6.45, 7) is 5.18. The Labute approximate surface area is 112 Å². The van der Waals surface area contributed by atoms with E-state index in [4.69, 9.17) is 0 Å². The lowest BCUT2D eigenvalue weighted by molar-refractivity contribution is -0.216. The van der Waals surface area contributed by atoms with Crippen molar-refractivity contribution in [3.63, 3.8) is 0 Å². The Bertz CT molecular complexity index is 339. The molecule has 1 aliphatic rings. The summed E-state index contributed by atoms with van der Waals surface area (Å²) < 4.78 is 27.5. The lowest BCUT2D eigenvalue weighted by Gasteiger charge is -2.41. The smallest absolute Gasteiger partial charge is 0.352 e. The van der Waals surface area contributed by atoms with Crippen molar-refractivity contribution in [1.82, 2.24) is 5.32 Å². The second-order valence-corrected chi connectivity index (χ2v) is 6.36. The van der Waals surface area contributed by atoms with Gasteiger partial charge in [-0.3, -0.25) is 4.79 Å². The molecule has 0 aliphatic heterocycles. The van der Waals surface area contributed by atoms with Crippen LogP contribution in [0.2, 0.25) is 0 Å². The second kappa shape index (κ2) is 5.32. The highest BCUT2D eigenvalue weighted by Gasteiger charge is 2.61. The molecule has 1 amide bonds. The average molecular weight is 279 g/mol. The molecule has 0 radical (unpaired) electrons. The Morgan fingerprint density at radius 3 is 2.32 bits per heavy atom. The van der Waals surface area contributed by atoms with E-state index in [1.54, 1.807) is 20.8 Å². The average Bonchev–Trinajstić information content (AvgIpc) is 2.20. The summed E-state index contributed by atoms with van der Waals surface area (Å²) in [7, 11) is 0. The van der Waals surface area contributed by atoms with E-state index < -0.39 is 28.9 Å². The molecule has 0 bridgehead atoms. The molecule has 0 spiro atoms. The normalized spacial score (nSPS) is 20.6. The van der Waals surface area contributed by atoms with Crippen LogP contribution in [0.5, 0.6) is 0 Å². The van der Waals surface area contributed by atoms with Crippen LogP contribution in [0, 0.1) is 5.41 Å². The van der Waals surface area contributed by atoms with Crippen LogP contribution in [-0.4, -0.2) is 40.3 Å². The van der Waals surface area contributed by atoms with Gasteiger partial charge in [-0.25, -0.2) is 0 Å². The van der Waals surface area contributed by atoms with Gasteiger partial charge in [-0.1, -0.05) is 13.8 Å². The molecule has 0 heterocycles. The van der Waals surface area contributed by atoms with Gasteiger partial charge in [0.25, 0.3) is 5.91 Å². The molecule has 3 N–H and O–H groups in total. The standard InChI is InChI=1S/C13H23F2NO3/c1-9(17)7-11(2,3)8-16-10(18)13(14,15)12(19)5-4-6-12/h9,17,19H,4-8H2,1-3H3,(H,16,18). The quantitative estimate of drug-likeness (QED) is 0.689. The molecule has 1 unspecified atom stereocenters. The highest BCUT2D eigenvalue weighted by Crippen LogP contribution is 2.44. The number of carbonyl (C=O) groups excluding carboxylic acids is 1. The summed E-state index contributed by atoms with van der Waals surface area (Å²) in [5.74, 6) is -5.19. The molecule has 6 heteroatoms. The van der Waals surface area contributed by atoms with Crippen LogP contribution in [0.3, 0.4) is 0 Å².